The summed E-state index contributed by atoms with van der Waals surface area (Å²) in [5, 5.41) is 11.3. The van der Waals surface area contributed by atoms with Crippen molar-refractivity contribution < 1.29 is 65.9 Å². The van der Waals surface area contributed by atoms with Crippen LogP contribution in [0, 0.1) is 35.2 Å². The maximum Gasteiger partial charge on any atom is 0.246 e. The number of nitrogens with one attached hydrogen (secondary N) is 4. The maximum atomic E-state index is 15.2. The number of rotatable bonds is 13. The Balaban J connectivity index is 1.86. The van der Waals surface area contributed by atoms with E-state index in [4.69, 9.17) is 11.6 Å². The second-order valence-electron chi connectivity index (χ2n) is 25.1. The second kappa shape index (κ2) is 35.1. The van der Waals surface area contributed by atoms with E-state index in [2.05, 4.69) is 21.3 Å². The molecule has 1 heterocycles. The van der Waals surface area contributed by atoms with Crippen LogP contribution in [0.3, 0.4) is 0 Å². The number of nitrogens with zero attached hydrogens (tertiary/aromatic N) is 7. The normalized spacial score (nSPS) is 23.4. The molecule has 1 fully saturated rings. The minimum atomic E-state index is -1.64. The molecular weight excluding hydrogens is 1220 g/mol. The van der Waals surface area contributed by atoms with Crippen LogP contribution in [-0.4, -0.2) is 217 Å². The molecule has 22 nitrogen and oxygen atoms in total. The summed E-state index contributed by atoms with van der Waals surface area (Å²) in [7, 11) is 9.47. The molecule has 0 spiro atoms. The van der Waals surface area contributed by atoms with Gasteiger partial charge < -0.3 is 55.6 Å². The lowest BCUT2D eigenvalue weighted by Crippen LogP contribution is -2.60. The molecule has 506 valence electrons. The SMILES string of the molecule is CC[C@H](C)C1NC(=O)C(C)N(C)C(=O)CC(C)NC(=O)C(CC(C)C)N(C)C(=O)C(Cc2ccccc2)N(C)C(=O)C(CC(C)C)NC(=O)C(CCc2cc(F)c(F)cc2F)NC(=O)CN(C)C(=O)C(Cc2ccc(Cl)cc2)N(C)C(=O)CN(C)C(=O)CN(C)C1=O. The summed E-state index contributed by atoms with van der Waals surface area (Å²) >= 11 is 6.19. The van der Waals surface area contributed by atoms with E-state index in [9.17, 15) is 51.9 Å². The van der Waals surface area contributed by atoms with E-state index in [1.807, 2.05) is 13.8 Å². The minimum Gasteiger partial charge on any atom is -0.351 e. The fourth-order valence-electron chi connectivity index (χ4n) is 10.6. The lowest BCUT2D eigenvalue weighted by molar-refractivity contribution is -0.149. The monoisotopic (exact) mass is 1310 g/mol. The molecule has 11 amide bonds. The molecule has 9 atom stereocenters. The zero-order chi connectivity index (χ0) is 69.2. The summed E-state index contributed by atoms with van der Waals surface area (Å²) < 4.78 is 43.9. The third-order valence-corrected chi connectivity index (χ3v) is 17.0. The number of likely N-dealkylation sites (N-methyl/N-ethyl adjacent to an activating group) is 7. The minimum absolute atomic E-state index is 0.0269. The van der Waals surface area contributed by atoms with Crippen LogP contribution in [0.25, 0.3) is 0 Å². The van der Waals surface area contributed by atoms with Crippen LogP contribution >= 0.6 is 11.6 Å². The Bertz CT molecular complexity index is 3110. The number of hydrogen-bond donors (Lipinski definition) is 4. The number of amides is 11. The average molecular weight is 1310 g/mol. The van der Waals surface area contributed by atoms with Gasteiger partial charge in [-0.3, -0.25) is 52.7 Å². The molecule has 0 saturated carbocycles. The van der Waals surface area contributed by atoms with E-state index in [-0.39, 0.29) is 49.5 Å². The van der Waals surface area contributed by atoms with E-state index in [1.54, 1.807) is 89.2 Å². The molecule has 1 aliphatic rings. The van der Waals surface area contributed by atoms with Gasteiger partial charge >= 0.3 is 0 Å². The lowest BCUT2D eigenvalue weighted by atomic mass is 9.97. The van der Waals surface area contributed by atoms with E-state index >= 15 is 14.0 Å². The van der Waals surface area contributed by atoms with Crippen LogP contribution in [0.1, 0.15) is 104 Å². The number of carbonyl (C=O) groups is 11. The highest BCUT2D eigenvalue weighted by Gasteiger charge is 2.40. The zero-order valence-electron chi connectivity index (χ0n) is 55.6. The Hall–Kier alpha value is -8.09. The van der Waals surface area contributed by atoms with Gasteiger partial charge in [-0.05, 0) is 92.2 Å². The van der Waals surface area contributed by atoms with Gasteiger partial charge in [0.15, 0.2) is 11.6 Å². The summed E-state index contributed by atoms with van der Waals surface area (Å²) in [5.41, 5.74) is 0.817. The fraction of sp³-hybridized carbons (Fsp3) is 0.561. The van der Waals surface area contributed by atoms with Crippen LogP contribution in [-0.2, 0) is 72.0 Å². The highest BCUT2D eigenvalue weighted by molar-refractivity contribution is 6.30. The van der Waals surface area contributed by atoms with Crippen molar-refractivity contribution in [2.75, 3.05) is 69.0 Å². The molecule has 8 unspecified atom stereocenters. The van der Waals surface area contributed by atoms with E-state index in [0.717, 1.165) is 19.6 Å². The third-order valence-electron chi connectivity index (χ3n) is 16.7. The number of carbonyl (C=O) groups excluding carboxylic acids is 11. The first-order valence-electron chi connectivity index (χ1n) is 31.0. The van der Waals surface area contributed by atoms with Gasteiger partial charge in [0.2, 0.25) is 65.0 Å². The summed E-state index contributed by atoms with van der Waals surface area (Å²) in [5.74, 6) is -13.0. The van der Waals surface area contributed by atoms with Crippen LogP contribution < -0.4 is 21.3 Å². The van der Waals surface area contributed by atoms with Crippen molar-refractivity contribution in [2.24, 2.45) is 17.8 Å². The number of halogens is 4. The van der Waals surface area contributed by atoms with Crippen molar-refractivity contribution >= 4 is 76.6 Å². The van der Waals surface area contributed by atoms with Crippen molar-refractivity contribution in [3.63, 3.8) is 0 Å². The summed E-state index contributed by atoms with van der Waals surface area (Å²) in [6.07, 6.45) is -0.882. The standard InChI is InChI=1S/C66H93ClF3N11O11/c1-16-40(6)59-66(92)77(11)36-57(84)75(9)37-58(85)79(13)53(32-44-22-25-46(67)26-23-44)64(90)76(10)35-55(82)72-50(27-24-45-33-48(69)49(70)34-47(45)68)61(87)73-51(28-38(2)3)63(89)81(15)54(31-43-20-18-17-19-21-43)65(91)80(14)52(29-39(4)5)62(88)71-41(7)30-56(83)78(12)42(8)60(86)74-59/h17-23,25-26,33-34,38-42,50-54,59H,16,24,27-32,35-37H2,1-15H3,(H,71,88)(H,72,82)(H,73,87)(H,74,86)/t40-,41?,42?,50?,51?,52?,53?,54?,59?/m0/s1. The predicted molar refractivity (Wildman–Crippen MR) is 341 cm³/mol. The summed E-state index contributed by atoms with van der Waals surface area (Å²) in [6, 6.07) is 6.08. The van der Waals surface area contributed by atoms with Gasteiger partial charge in [-0.1, -0.05) is 102 Å². The van der Waals surface area contributed by atoms with E-state index in [0.29, 0.717) is 34.7 Å². The fourth-order valence-corrected chi connectivity index (χ4v) is 10.7. The Morgan fingerprint density at radius 1 is 0.511 bits per heavy atom. The highest BCUT2D eigenvalue weighted by Crippen LogP contribution is 2.22. The predicted octanol–water partition coefficient (Wildman–Crippen LogP) is 4.38. The molecule has 0 radical (unpaired) electrons. The van der Waals surface area contributed by atoms with Crippen LogP contribution in [0.15, 0.2) is 66.7 Å². The Kier molecular flexibility index (Phi) is 29.1. The molecule has 4 rings (SSSR count). The van der Waals surface area contributed by atoms with Gasteiger partial charge in [0.25, 0.3) is 0 Å². The highest BCUT2D eigenvalue weighted by atomic mass is 35.5. The van der Waals surface area contributed by atoms with Crippen molar-refractivity contribution in [1.29, 1.82) is 0 Å². The first kappa shape index (κ1) is 76.4. The number of aryl methyl sites for hydroxylation is 1. The van der Waals surface area contributed by atoms with Gasteiger partial charge in [0.05, 0.1) is 19.6 Å². The van der Waals surface area contributed by atoms with Crippen molar-refractivity contribution in [3.8, 4) is 0 Å². The average Bonchev–Trinajstić information content (AvgIpc) is 1.04. The van der Waals surface area contributed by atoms with Gasteiger partial charge in [-0.25, -0.2) is 13.2 Å². The lowest BCUT2D eigenvalue weighted by Gasteiger charge is -2.37. The molecule has 92 heavy (non-hydrogen) atoms. The topological polar surface area (TPSA) is 259 Å². The van der Waals surface area contributed by atoms with Gasteiger partial charge in [-0.2, -0.15) is 0 Å². The van der Waals surface area contributed by atoms with Crippen LogP contribution in [0.2, 0.25) is 5.02 Å². The molecule has 1 aliphatic heterocycles. The quantitative estimate of drug-likeness (QED) is 0.175. The van der Waals surface area contributed by atoms with Crippen LogP contribution in [0.5, 0.6) is 0 Å². The van der Waals surface area contributed by atoms with Crippen molar-refractivity contribution in [2.45, 2.75) is 155 Å². The Morgan fingerprint density at radius 2 is 1.05 bits per heavy atom. The third kappa shape index (κ3) is 21.8. The van der Waals surface area contributed by atoms with E-state index in [1.165, 1.54) is 71.0 Å². The second-order valence-corrected chi connectivity index (χ2v) is 25.5. The Morgan fingerprint density at radius 3 is 1.64 bits per heavy atom. The van der Waals surface area contributed by atoms with Gasteiger partial charge in [-0.15, -0.1) is 0 Å². The van der Waals surface area contributed by atoms with Crippen molar-refractivity contribution in [3.05, 3.63) is 106 Å². The number of benzene rings is 3. The first-order chi connectivity index (χ1) is 43.1. The first-order valence-corrected chi connectivity index (χ1v) is 31.3. The van der Waals surface area contributed by atoms with Crippen molar-refractivity contribution in [1.82, 2.24) is 55.6 Å². The smallest absolute Gasteiger partial charge is 0.246 e. The van der Waals surface area contributed by atoms with Gasteiger partial charge in [0, 0.05) is 85.7 Å². The molecule has 1 saturated heterocycles. The maximum absolute atomic E-state index is 15.2. The molecule has 0 aromatic heterocycles. The molecule has 3 aromatic carbocycles. The Labute approximate surface area is 543 Å². The molecule has 3 aromatic rings. The molecule has 4 N–H and O–H groups in total. The molecule has 0 bridgehead atoms. The molecule has 0 aliphatic carbocycles. The molecule has 26 heteroatoms. The largest absolute Gasteiger partial charge is 0.351 e. The molecular formula is C66H93ClF3N11O11. The van der Waals surface area contributed by atoms with Gasteiger partial charge in [0.1, 0.15) is 48.1 Å². The van der Waals surface area contributed by atoms with Crippen LogP contribution in [0.4, 0.5) is 13.2 Å². The number of hydrogen-bond acceptors (Lipinski definition) is 11. The van der Waals surface area contributed by atoms with E-state index < -0.39 is 169 Å². The summed E-state index contributed by atoms with van der Waals surface area (Å²) in [4.78, 5) is 166. The summed E-state index contributed by atoms with van der Waals surface area (Å²) in [6.45, 7) is 11.9. The zero-order valence-corrected chi connectivity index (χ0v) is 56.4.